The van der Waals surface area contributed by atoms with Crippen molar-refractivity contribution in [2.75, 3.05) is 58.8 Å². The van der Waals surface area contributed by atoms with E-state index in [1.54, 1.807) is 19.4 Å². The lowest BCUT2D eigenvalue weighted by molar-refractivity contribution is -0.141. The summed E-state index contributed by atoms with van der Waals surface area (Å²) >= 11 is 0.989. The number of pyridine rings is 1. The summed E-state index contributed by atoms with van der Waals surface area (Å²) in [7, 11) is 1.57. The highest BCUT2D eigenvalue weighted by Crippen LogP contribution is 2.44. The van der Waals surface area contributed by atoms with Gasteiger partial charge in [-0.3, -0.25) is 14.7 Å². The minimum atomic E-state index is -1.33. The average Bonchev–Trinajstić information content (AvgIpc) is 3.02. The Morgan fingerprint density at radius 3 is 2.47 bits per heavy atom. The lowest BCUT2D eigenvalue weighted by atomic mass is 9.71. The van der Waals surface area contributed by atoms with Crippen molar-refractivity contribution in [1.29, 1.82) is 0 Å². The van der Waals surface area contributed by atoms with Crippen LogP contribution in [-0.2, 0) is 16.1 Å². The first kappa shape index (κ1) is 33.4. The van der Waals surface area contributed by atoms with Gasteiger partial charge in [0.1, 0.15) is 29.4 Å². The Morgan fingerprint density at radius 1 is 1.09 bits per heavy atom. The minimum Gasteiger partial charge on any atom is -0.497 e. The summed E-state index contributed by atoms with van der Waals surface area (Å²) < 4.78 is 68.7. The quantitative estimate of drug-likeness (QED) is 0.163. The van der Waals surface area contributed by atoms with Crippen molar-refractivity contribution in [3.05, 3.63) is 65.1 Å². The number of piperidine rings is 1. The molecule has 5 rings (SSSR count). The Labute approximate surface area is 264 Å². The summed E-state index contributed by atoms with van der Waals surface area (Å²) in [6.07, 6.45) is 2.07. The van der Waals surface area contributed by atoms with E-state index in [0.717, 1.165) is 30.4 Å². The molecule has 2 aromatic carbocycles. The summed E-state index contributed by atoms with van der Waals surface area (Å²) in [6, 6.07) is 6.78. The molecule has 12 heteroatoms. The van der Waals surface area contributed by atoms with Crippen molar-refractivity contribution < 1.29 is 36.9 Å². The van der Waals surface area contributed by atoms with Gasteiger partial charge in [-0.05, 0) is 68.0 Å². The topological polar surface area (TPSA) is 75.1 Å². The molecule has 1 unspecified atom stereocenters. The molecule has 0 bridgehead atoms. The number of carboxylic acids is 1. The van der Waals surface area contributed by atoms with Gasteiger partial charge in [-0.15, -0.1) is 11.8 Å². The van der Waals surface area contributed by atoms with Crippen LogP contribution in [0.3, 0.4) is 0 Å². The number of benzene rings is 2. The molecule has 0 radical (unpaired) electrons. The molecule has 1 aromatic heterocycles. The third-order valence-electron chi connectivity index (χ3n) is 9.00. The molecule has 0 amide bonds. The molecular formula is C33H39F4N3O4S. The number of carbonyl (C=O) groups is 1. The molecule has 7 nitrogen and oxygen atoms in total. The zero-order valence-corrected chi connectivity index (χ0v) is 26.2. The van der Waals surface area contributed by atoms with Crippen LogP contribution in [0.2, 0.25) is 0 Å². The van der Waals surface area contributed by atoms with E-state index in [1.807, 2.05) is 12.1 Å². The van der Waals surface area contributed by atoms with Crippen LogP contribution in [0, 0.1) is 22.9 Å². The predicted molar refractivity (Wildman–Crippen MR) is 165 cm³/mol. The highest BCUT2D eigenvalue weighted by Gasteiger charge is 2.37. The largest absolute Gasteiger partial charge is 0.497 e. The van der Waals surface area contributed by atoms with E-state index in [9.17, 15) is 23.1 Å². The molecule has 2 aliphatic rings. The first-order chi connectivity index (χ1) is 21.7. The molecule has 3 aromatic rings. The molecule has 45 heavy (non-hydrogen) atoms. The van der Waals surface area contributed by atoms with Crippen molar-refractivity contribution >= 4 is 28.6 Å². The standard InChI is InChI=1S/C33H39F4N3O4S/c1-43-24-2-3-29-25(18-24)31(22(20-38-29)21-40-10-13-44-14-11-40)26(35)4-5-33(19-30(41)42)6-8-39(9-7-33)12-15-45-32-27(36)16-23(34)17-28(32)37/h2-3,16-18,20,26H,4-15,19,21H2,1H3,(H,41,42). The maximum atomic E-state index is 16.5. The van der Waals surface area contributed by atoms with E-state index >= 15 is 4.39 Å². The fourth-order valence-electron chi connectivity index (χ4n) is 6.46. The van der Waals surface area contributed by atoms with Crippen LogP contribution < -0.4 is 4.74 Å². The molecule has 1 N–H and O–H groups in total. The number of nitrogens with zero attached hydrogens (tertiary/aromatic N) is 3. The number of hydrogen-bond acceptors (Lipinski definition) is 7. The van der Waals surface area contributed by atoms with Crippen LogP contribution in [0.25, 0.3) is 10.9 Å². The second-order valence-electron chi connectivity index (χ2n) is 11.9. The number of rotatable bonds is 13. The Kier molecular flexibility index (Phi) is 11.2. The number of carboxylic acid groups (broad SMARTS) is 1. The smallest absolute Gasteiger partial charge is 0.303 e. The Bertz CT molecular complexity index is 1460. The number of alkyl halides is 1. The lowest BCUT2D eigenvalue weighted by Crippen LogP contribution is -2.42. The molecule has 3 heterocycles. The molecule has 0 aliphatic carbocycles. The number of aliphatic carboxylic acids is 1. The van der Waals surface area contributed by atoms with Gasteiger partial charge >= 0.3 is 5.97 Å². The molecule has 2 aliphatic heterocycles. The van der Waals surface area contributed by atoms with Gasteiger partial charge in [-0.1, -0.05) is 0 Å². The number of aromatic nitrogens is 1. The number of halogens is 4. The number of hydrogen-bond donors (Lipinski definition) is 1. The third kappa shape index (κ3) is 8.46. The van der Waals surface area contributed by atoms with Crippen molar-refractivity contribution in [2.24, 2.45) is 5.41 Å². The third-order valence-corrected chi connectivity index (χ3v) is 10.1. The summed E-state index contributed by atoms with van der Waals surface area (Å²) in [5.41, 5.74) is 1.48. The number of fused-ring (bicyclic) bond motifs is 1. The van der Waals surface area contributed by atoms with Gasteiger partial charge in [0.05, 0.1) is 37.2 Å². The van der Waals surface area contributed by atoms with Crippen LogP contribution in [0.1, 0.15) is 49.4 Å². The van der Waals surface area contributed by atoms with Gasteiger partial charge in [0.25, 0.3) is 0 Å². The van der Waals surface area contributed by atoms with E-state index in [4.69, 9.17) is 9.47 Å². The molecule has 2 saturated heterocycles. The van der Waals surface area contributed by atoms with Crippen LogP contribution in [-0.4, -0.2) is 84.7 Å². The normalized spacial score (nSPS) is 18.2. The molecule has 2 fully saturated rings. The second-order valence-corrected chi connectivity index (χ2v) is 13.0. The van der Waals surface area contributed by atoms with Gasteiger partial charge in [0, 0.05) is 61.2 Å². The molecule has 0 saturated carbocycles. The number of methoxy groups -OCH3 is 1. The van der Waals surface area contributed by atoms with Crippen LogP contribution in [0.15, 0.2) is 41.4 Å². The molecule has 1 atom stereocenters. The second kappa shape index (κ2) is 15.1. The summed E-state index contributed by atoms with van der Waals surface area (Å²) in [5, 5.41) is 10.5. The van der Waals surface area contributed by atoms with Gasteiger partial charge in [-0.2, -0.15) is 0 Å². The number of thioether (sulfide) groups is 1. The monoisotopic (exact) mass is 649 g/mol. The average molecular weight is 650 g/mol. The fourth-order valence-corrected chi connectivity index (χ4v) is 7.41. The number of ether oxygens (including phenoxy) is 2. The number of morpholine rings is 1. The van der Waals surface area contributed by atoms with Crippen molar-refractivity contribution in [3.63, 3.8) is 0 Å². The van der Waals surface area contributed by atoms with E-state index < -0.39 is 35.0 Å². The van der Waals surface area contributed by atoms with Crippen LogP contribution in [0.5, 0.6) is 5.75 Å². The molecular weight excluding hydrogens is 610 g/mol. The Morgan fingerprint density at radius 2 is 1.80 bits per heavy atom. The van der Waals surface area contributed by atoms with Gasteiger partial charge < -0.3 is 19.5 Å². The first-order valence-corrected chi connectivity index (χ1v) is 16.3. The Hall–Kier alpha value is -2.93. The minimum absolute atomic E-state index is 0.0557. The van der Waals surface area contributed by atoms with Crippen molar-refractivity contribution in [3.8, 4) is 5.75 Å². The lowest BCUT2D eigenvalue weighted by Gasteiger charge is -2.41. The SMILES string of the molecule is COc1ccc2ncc(CN3CCOCC3)c(C(F)CCC3(CC(=O)O)CCN(CCSc4c(F)cc(F)cc4F)CC3)c2c1. The highest BCUT2D eigenvalue weighted by molar-refractivity contribution is 7.99. The van der Waals surface area contributed by atoms with Crippen molar-refractivity contribution in [2.45, 2.75) is 49.7 Å². The Balaban J connectivity index is 1.27. The van der Waals surface area contributed by atoms with Gasteiger partial charge in [0.15, 0.2) is 0 Å². The van der Waals surface area contributed by atoms with Gasteiger partial charge in [0.2, 0.25) is 0 Å². The number of likely N-dealkylation sites (tertiary alicyclic amines) is 1. The highest BCUT2D eigenvalue weighted by atomic mass is 32.2. The summed E-state index contributed by atoms with van der Waals surface area (Å²) in [6.45, 7) is 5.00. The van der Waals surface area contributed by atoms with E-state index in [0.29, 0.717) is 98.8 Å². The zero-order valence-electron chi connectivity index (χ0n) is 25.4. The fraction of sp³-hybridized carbons (Fsp3) is 0.515. The van der Waals surface area contributed by atoms with Crippen molar-refractivity contribution in [1.82, 2.24) is 14.8 Å². The van der Waals surface area contributed by atoms with Crippen LogP contribution in [0.4, 0.5) is 17.6 Å². The predicted octanol–water partition coefficient (Wildman–Crippen LogP) is 6.63. The molecule has 244 valence electrons. The van der Waals surface area contributed by atoms with Crippen LogP contribution >= 0.6 is 11.8 Å². The maximum Gasteiger partial charge on any atom is 0.303 e. The zero-order chi connectivity index (χ0) is 32.0. The molecule has 0 spiro atoms. The summed E-state index contributed by atoms with van der Waals surface area (Å²) in [4.78, 5) is 20.7. The summed E-state index contributed by atoms with van der Waals surface area (Å²) in [5.74, 6) is -2.72. The maximum absolute atomic E-state index is 16.5. The van der Waals surface area contributed by atoms with E-state index in [2.05, 4.69) is 14.8 Å². The van der Waals surface area contributed by atoms with E-state index in [-0.39, 0.29) is 17.7 Å². The van der Waals surface area contributed by atoms with Gasteiger partial charge in [-0.25, -0.2) is 17.6 Å². The first-order valence-electron chi connectivity index (χ1n) is 15.3. The van der Waals surface area contributed by atoms with E-state index in [1.165, 1.54) is 0 Å².